The third kappa shape index (κ3) is 8.64. The Morgan fingerprint density at radius 2 is 1.97 bits per heavy atom. The van der Waals surface area contributed by atoms with Crippen LogP contribution in [0.4, 0.5) is 0 Å². The summed E-state index contributed by atoms with van der Waals surface area (Å²) in [7, 11) is 0. The Morgan fingerprint density at radius 3 is 2.59 bits per heavy atom. The minimum atomic E-state index is -0.125. The molecule has 1 amide bonds. The van der Waals surface area contributed by atoms with Crippen molar-refractivity contribution in [1.29, 1.82) is 0 Å². The Bertz CT molecular complexity index is 672. The van der Waals surface area contributed by atoms with Gasteiger partial charge in [0.05, 0.1) is 6.61 Å². The normalized spacial score (nSPS) is 13.1. The number of amides is 1. The fourth-order valence-electron chi connectivity index (χ4n) is 3.12. The van der Waals surface area contributed by atoms with Gasteiger partial charge in [-0.2, -0.15) is 0 Å². The molecule has 0 spiro atoms. The smallest absolute Gasteiger partial charge is 0.254 e. The highest BCUT2D eigenvalue weighted by molar-refractivity contribution is 6.31. The number of hydrogen-bond donors (Lipinski definition) is 2. The minimum Gasteiger partial charge on any atom is -0.493 e. The van der Waals surface area contributed by atoms with E-state index in [1.807, 2.05) is 18.7 Å². The van der Waals surface area contributed by atoms with E-state index in [2.05, 4.69) is 11.7 Å². The number of nitrogens with two attached hydrogens (primary N) is 2. The average Bonchev–Trinajstić information content (AvgIpc) is 3.23. The highest BCUT2D eigenvalue weighted by Crippen LogP contribution is 2.27. The number of carbonyl (C=O) groups is 1. The van der Waals surface area contributed by atoms with Crippen molar-refractivity contribution in [1.82, 2.24) is 4.90 Å². The summed E-state index contributed by atoms with van der Waals surface area (Å²) in [6.07, 6.45) is 6.69. The van der Waals surface area contributed by atoms with Gasteiger partial charge in [-0.25, -0.2) is 0 Å². The molecule has 4 N–H and O–H groups in total. The molecule has 0 bridgehead atoms. The average molecular weight is 425 g/mol. The first-order valence-corrected chi connectivity index (χ1v) is 10.4. The number of ether oxygens (including phenoxy) is 1. The quantitative estimate of drug-likeness (QED) is 0.195. The van der Waals surface area contributed by atoms with Gasteiger partial charge in [-0.3, -0.25) is 4.79 Å². The molecule has 0 saturated heterocycles. The SMILES string of the molecule is C=CCN(C(=O)c1cc(Cl)cc(OCCCON=C(N)N)c1)C1CCCC1.CC. The number of hydrogen-bond acceptors (Lipinski definition) is 4. The number of benzene rings is 1. The van der Waals surface area contributed by atoms with Gasteiger partial charge >= 0.3 is 0 Å². The predicted molar refractivity (Wildman–Crippen MR) is 118 cm³/mol. The Hall–Kier alpha value is -2.41. The first-order chi connectivity index (χ1) is 14.0. The standard InChI is InChI=1S/C19H27ClN4O3.C2H6/c1-2-8-24(16-6-3-4-7-16)18(25)14-11-15(20)13-17(12-14)26-9-5-10-27-23-19(21)22;1-2/h2,11-13,16H,1,3-10H2,(H4,21,22,23);1-2H3. The molecule has 0 radical (unpaired) electrons. The molecule has 1 aromatic rings. The summed E-state index contributed by atoms with van der Waals surface area (Å²) in [5.41, 5.74) is 10.8. The lowest BCUT2D eigenvalue weighted by molar-refractivity contribution is 0.0706. The molecule has 1 aromatic carbocycles. The van der Waals surface area contributed by atoms with Gasteiger partial charge in [0.2, 0.25) is 5.96 Å². The second kappa shape index (κ2) is 13.7. The fraction of sp³-hybridized carbons (Fsp3) is 0.524. The summed E-state index contributed by atoms with van der Waals surface area (Å²) in [5, 5.41) is 3.89. The van der Waals surface area contributed by atoms with Gasteiger partial charge < -0.3 is 25.9 Å². The second-order valence-corrected chi connectivity index (χ2v) is 6.85. The van der Waals surface area contributed by atoms with Crippen molar-refractivity contribution >= 4 is 23.5 Å². The molecule has 0 aliphatic heterocycles. The molecular formula is C21H33ClN4O3. The maximum Gasteiger partial charge on any atom is 0.254 e. The maximum absolute atomic E-state index is 13.0. The number of guanidine groups is 1. The highest BCUT2D eigenvalue weighted by Gasteiger charge is 2.27. The van der Waals surface area contributed by atoms with Crippen LogP contribution in [0.2, 0.25) is 5.02 Å². The molecule has 7 nitrogen and oxygen atoms in total. The molecule has 29 heavy (non-hydrogen) atoms. The van der Waals surface area contributed by atoms with Crippen molar-refractivity contribution in [3.05, 3.63) is 41.4 Å². The largest absolute Gasteiger partial charge is 0.493 e. The van der Waals surface area contributed by atoms with Crippen molar-refractivity contribution < 1.29 is 14.4 Å². The molecule has 0 heterocycles. The molecule has 162 valence electrons. The van der Waals surface area contributed by atoms with E-state index in [-0.39, 0.29) is 17.9 Å². The van der Waals surface area contributed by atoms with Crippen LogP contribution < -0.4 is 16.2 Å². The van der Waals surface area contributed by atoms with E-state index in [9.17, 15) is 4.79 Å². The summed E-state index contributed by atoms with van der Waals surface area (Å²) in [4.78, 5) is 19.8. The third-order valence-corrected chi connectivity index (χ3v) is 4.51. The number of carbonyl (C=O) groups excluding carboxylic acids is 1. The van der Waals surface area contributed by atoms with Crippen LogP contribution in [-0.4, -0.2) is 42.6 Å². The lowest BCUT2D eigenvalue weighted by Crippen LogP contribution is -2.38. The Morgan fingerprint density at radius 1 is 1.28 bits per heavy atom. The molecule has 1 fully saturated rings. The summed E-state index contributed by atoms with van der Waals surface area (Å²) in [5.74, 6) is 0.364. The van der Waals surface area contributed by atoms with Gasteiger partial charge in [0.25, 0.3) is 5.91 Å². The van der Waals surface area contributed by atoms with Crippen LogP contribution in [0.1, 0.15) is 56.3 Å². The van der Waals surface area contributed by atoms with Crippen molar-refractivity contribution in [2.45, 2.75) is 52.0 Å². The number of oxime groups is 1. The van der Waals surface area contributed by atoms with Crippen LogP contribution in [0.15, 0.2) is 36.0 Å². The van der Waals surface area contributed by atoms with E-state index in [1.54, 1.807) is 24.3 Å². The van der Waals surface area contributed by atoms with E-state index in [0.29, 0.717) is 42.5 Å². The zero-order valence-electron chi connectivity index (χ0n) is 17.4. The molecule has 8 heteroatoms. The van der Waals surface area contributed by atoms with Crippen LogP contribution in [0.3, 0.4) is 0 Å². The van der Waals surface area contributed by atoms with Gasteiger partial charge in [0.1, 0.15) is 12.4 Å². The van der Waals surface area contributed by atoms with Gasteiger partial charge in [0.15, 0.2) is 0 Å². The Balaban J connectivity index is 0.00000204. The van der Waals surface area contributed by atoms with Crippen LogP contribution in [-0.2, 0) is 4.84 Å². The van der Waals surface area contributed by atoms with Gasteiger partial charge in [-0.1, -0.05) is 44.4 Å². The van der Waals surface area contributed by atoms with Crippen LogP contribution in [0.5, 0.6) is 5.75 Å². The first-order valence-electron chi connectivity index (χ1n) is 10.1. The van der Waals surface area contributed by atoms with E-state index >= 15 is 0 Å². The Kier molecular flexibility index (Phi) is 11.6. The van der Waals surface area contributed by atoms with Crippen molar-refractivity contribution in [2.75, 3.05) is 19.8 Å². The van der Waals surface area contributed by atoms with Crippen molar-refractivity contribution in [3.63, 3.8) is 0 Å². The molecule has 0 aromatic heterocycles. The lowest BCUT2D eigenvalue weighted by atomic mass is 10.1. The summed E-state index contributed by atoms with van der Waals surface area (Å²) in [6, 6.07) is 5.33. The van der Waals surface area contributed by atoms with Crippen LogP contribution in [0, 0.1) is 0 Å². The zero-order chi connectivity index (χ0) is 21.6. The molecule has 2 rings (SSSR count). The molecule has 1 saturated carbocycles. The van der Waals surface area contributed by atoms with Gasteiger partial charge in [-0.15, -0.1) is 6.58 Å². The van der Waals surface area contributed by atoms with Crippen molar-refractivity contribution in [2.24, 2.45) is 16.6 Å². The zero-order valence-corrected chi connectivity index (χ0v) is 18.2. The maximum atomic E-state index is 13.0. The molecule has 1 aliphatic carbocycles. The Labute approximate surface area is 178 Å². The molecule has 0 atom stereocenters. The van der Waals surface area contributed by atoms with Crippen molar-refractivity contribution in [3.8, 4) is 5.75 Å². The summed E-state index contributed by atoms with van der Waals surface area (Å²) >= 11 is 6.19. The number of nitrogens with zero attached hydrogens (tertiary/aromatic N) is 2. The van der Waals surface area contributed by atoms with Gasteiger partial charge in [-0.05, 0) is 36.2 Å². The fourth-order valence-corrected chi connectivity index (χ4v) is 3.35. The van der Waals surface area contributed by atoms with E-state index in [1.165, 1.54) is 0 Å². The van der Waals surface area contributed by atoms with Gasteiger partial charge in [0, 0.05) is 29.6 Å². The predicted octanol–water partition coefficient (Wildman–Crippen LogP) is 3.91. The first kappa shape index (κ1) is 24.6. The molecular weight excluding hydrogens is 392 g/mol. The van der Waals surface area contributed by atoms with E-state index < -0.39 is 0 Å². The van der Waals surface area contributed by atoms with Crippen LogP contribution >= 0.6 is 11.6 Å². The lowest BCUT2D eigenvalue weighted by Gasteiger charge is -2.28. The third-order valence-electron chi connectivity index (χ3n) is 4.29. The molecule has 0 unspecified atom stereocenters. The number of halogens is 1. The minimum absolute atomic E-state index is 0.0507. The molecule has 1 aliphatic rings. The number of rotatable bonds is 10. The highest BCUT2D eigenvalue weighted by atomic mass is 35.5. The summed E-state index contributed by atoms with van der Waals surface area (Å²) in [6.45, 7) is 9.00. The summed E-state index contributed by atoms with van der Waals surface area (Å²) < 4.78 is 5.68. The monoisotopic (exact) mass is 424 g/mol. The van der Waals surface area contributed by atoms with E-state index in [0.717, 1.165) is 25.7 Å². The van der Waals surface area contributed by atoms with E-state index in [4.69, 9.17) is 32.6 Å². The van der Waals surface area contributed by atoms with Crippen LogP contribution in [0.25, 0.3) is 0 Å². The second-order valence-electron chi connectivity index (χ2n) is 6.41. The topological polar surface area (TPSA) is 103 Å².